The van der Waals surface area contributed by atoms with Gasteiger partial charge in [-0.3, -0.25) is 5.84 Å². The molecule has 0 heterocycles. The first kappa shape index (κ1) is 15.6. The highest BCUT2D eigenvalue weighted by Gasteiger charge is 2.17. The Labute approximate surface area is 129 Å². The molecule has 1 atom stereocenters. The summed E-state index contributed by atoms with van der Waals surface area (Å²) < 4.78 is 10.9. The molecule has 112 valence electrons. The van der Waals surface area contributed by atoms with Crippen molar-refractivity contribution in [3.8, 4) is 11.5 Å². The Balaban J connectivity index is 2.42. The fourth-order valence-corrected chi connectivity index (χ4v) is 2.40. The van der Waals surface area contributed by atoms with Crippen molar-refractivity contribution in [3.05, 3.63) is 58.6 Å². The first-order valence-corrected chi connectivity index (χ1v) is 7.09. The molecule has 0 saturated carbocycles. The van der Waals surface area contributed by atoms with Crippen molar-refractivity contribution in [1.29, 1.82) is 0 Å². The summed E-state index contributed by atoms with van der Waals surface area (Å²) in [5.41, 5.74) is 4.72. The van der Waals surface area contributed by atoms with Gasteiger partial charge in [0.2, 0.25) is 0 Å². The zero-order valence-corrected chi connectivity index (χ0v) is 12.9. The largest absolute Gasteiger partial charge is 0.496 e. The summed E-state index contributed by atoms with van der Waals surface area (Å²) in [6.45, 7) is 2.57. The molecule has 2 rings (SSSR count). The van der Waals surface area contributed by atoms with Gasteiger partial charge in [-0.1, -0.05) is 29.8 Å². The fourth-order valence-electron chi connectivity index (χ4n) is 2.24. The third-order valence-electron chi connectivity index (χ3n) is 3.18. The molecule has 3 N–H and O–H groups in total. The monoisotopic (exact) mass is 306 g/mol. The summed E-state index contributed by atoms with van der Waals surface area (Å²) in [7, 11) is 1.61. The van der Waals surface area contributed by atoms with Gasteiger partial charge in [0.25, 0.3) is 0 Å². The fraction of sp³-hybridized carbons (Fsp3) is 0.250. The molecule has 0 aliphatic heterocycles. The van der Waals surface area contributed by atoms with E-state index in [4.69, 9.17) is 26.9 Å². The third-order valence-corrected chi connectivity index (χ3v) is 3.41. The van der Waals surface area contributed by atoms with Crippen LogP contribution in [0.4, 0.5) is 0 Å². The van der Waals surface area contributed by atoms with Crippen LogP contribution < -0.4 is 20.7 Å². The number of rotatable bonds is 6. The van der Waals surface area contributed by atoms with Gasteiger partial charge < -0.3 is 9.47 Å². The number of ether oxygens (including phenoxy) is 2. The van der Waals surface area contributed by atoms with Crippen molar-refractivity contribution >= 4 is 11.6 Å². The number of nitrogens with two attached hydrogens (primary N) is 1. The molecule has 2 aromatic rings. The van der Waals surface area contributed by atoms with E-state index in [0.29, 0.717) is 17.4 Å². The summed E-state index contributed by atoms with van der Waals surface area (Å²) in [6.07, 6.45) is 0. The van der Waals surface area contributed by atoms with Crippen molar-refractivity contribution in [2.75, 3.05) is 13.7 Å². The van der Waals surface area contributed by atoms with Crippen LogP contribution in [0.15, 0.2) is 42.5 Å². The Morgan fingerprint density at radius 2 is 2.05 bits per heavy atom. The number of benzene rings is 2. The number of methoxy groups -OCH3 is 1. The van der Waals surface area contributed by atoms with Crippen molar-refractivity contribution in [2.45, 2.75) is 13.0 Å². The van der Waals surface area contributed by atoms with Crippen LogP contribution in [-0.4, -0.2) is 13.7 Å². The second-order valence-electron chi connectivity index (χ2n) is 4.49. The Bertz CT molecular complexity index is 605. The molecule has 0 aliphatic rings. The summed E-state index contributed by atoms with van der Waals surface area (Å²) in [6, 6.07) is 13.1. The first-order chi connectivity index (χ1) is 10.2. The van der Waals surface area contributed by atoms with Crippen molar-refractivity contribution in [3.63, 3.8) is 0 Å². The molecule has 0 aromatic heterocycles. The van der Waals surface area contributed by atoms with E-state index in [1.54, 1.807) is 13.2 Å². The summed E-state index contributed by atoms with van der Waals surface area (Å²) >= 11 is 6.00. The van der Waals surface area contributed by atoms with Crippen LogP contribution in [-0.2, 0) is 0 Å². The van der Waals surface area contributed by atoms with Gasteiger partial charge in [0.05, 0.1) is 19.8 Å². The predicted molar refractivity (Wildman–Crippen MR) is 84.8 cm³/mol. The molecule has 2 aromatic carbocycles. The van der Waals surface area contributed by atoms with Crippen molar-refractivity contribution in [2.24, 2.45) is 5.84 Å². The van der Waals surface area contributed by atoms with E-state index in [2.05, 4.69) is 5.43 Å². The molecule has 0 bridgehead atoms. The maximum Gasteiger partial charge on any atom is 0.125 e. The smallest absolute Gasteiger partial charge is 0.125 e. The number of hydrogen-bond acceptors (Lipinski definition) is 4. The van der Waals surface area contributed by atoms with E-state index < -0.39 is 0 Å². The number of halogens is 1. The minimum absolute atomic E-state index is 0.211. The van der Waals surface area contributed by atoms with Crippen LogP contribution in [0, 0.1) is 0 Å². The zero-order chi connectivity index (χ0) is 15.2. The van der Waals surface area contributed by atoms with E-state index in [9.17, 15) is 0 Å². The second-order valence-corrected chi connectivity index (χ2v) is 4.93. The predicted octanol–water partition coefficient (Wildman–Crippen LogP) is 3.30. The van der Waals surface area contributed by atoms with E-state index >= 15 is 0 Å². The van der Waals surface area contributed by atoms with Crippen LogP contribution in [0.5, 0.6) is 11.5 Å². The highest BCUT2D eigenvalue weighted by atomic mass is 35.5. The maximum absolute atomic E-state index is 6.00. The van der Waals surface area contributed by atoms with Crippen LogP contribution >= 0.6 is 11.6 Å². The molecule has 0 amide bonds. The minimum atomic E-state index is -0.211. The van der Waals surface area contributed by atoms with Gasteiger partial charge in [0, 0.05) is 10.6 Å². The lowest BCUT2D eigenvalue weighted by Gasteiger charge is -2.20. The van der Waals surface area contributed by atoms with E-state index in [0.717, 1.165) is 16.9 Å². The molecule has 0 spiro atoms. The molecule has 0 fully saturated rings. The summed E-state index contributed by atoms with van der Waals surface area (Å²) in [5.74, 6) is 7.24. The van der Waals surface area contributed by atoms with E-state index in [1.165, 1.54) is 0 Å². The van der Waals surface area contributed by atoms with Crippen LogP contribution in [0.2, 0.25) is 5.02 Å². The maximum atomic E-state index is 6.00. The van der Waals surface area contributed by atoms with Gasteiger partial charge in [-0.25, -0.2) is 5.43 Å². The third kappa shape index (κ3) is 3.67. The van der Waals surface area contributed by atoms with Gasteiger partial charge in [-0.15, -0.1) is 0 Å². The topological polar surface area (TPSA) is 56.5 Å². The van der Waals surface area contributed by atoms with Crippen molar-refractivity contribution in [1.82, 2.24) is 5.43 Å². The molecule has 1 unspecified atom stereocenters. The summed E-state index contributed by atoms with van der Waals surface area (Å²) in [4.78, 5) is 0. The summed E-state index contributed by atoms with van der Waals surface area (Å²) in [5, 5.41) is 0.620. The highest BCUT2D eigenvalue weighted by molar-refractivity contribution is 6.30. The lowest BCUT2D eigenvalue weighted by molar-refractivity contribution is 0.339. The second kappa shape index (κ2) is 7.31. The molecular formula is C16H19ClN2O2. The van der Waals surface area contributed by atoms with Gasteiger partial charge in [0.1, 0.15) is 11.5 Å². The lowest BCUT2D eigenvalue weighted by atomic mass is 9.98. The first-order valence-electron chi connectivity index (χ1n) is 6.72. The van der Waals surface area contributed by atoms with Crippen LogP contribution in [0.1, 0.15) is 24.1 Å². The standard InChI is InChI=1S/C16H19ClN2O2/c1-3-21-13-6-4-5-11(9-13)16(19-18)14-8-7-12(17)10-15(14)20-2/h4-10,16,19H,3,18H2,1-2H3. The Morgan fingerprint density at radius 3 is 2.71 bits per heavy atom. The molecular weight excluding hydrogens is 288 g/mol. The van der Waals surface area contributed by atoms with Gasteiger partial charge in [-0.2, -0.15) is 0 Å². The minimum Gasteiger partial charge on any atom is -0.496 e. The number of hydrazine groups is 1. The molecule has 0 aliphatic carbocycles. The molecule has 0 saturated heterocycles. The SMILES string of the molecule is CCOc1cccc(C(NN)c2ccc(Cl)cc2OC)c1. The van der Waals surface area contributed by atoms with Gasteiger partial charge in [0.15, 0.2) is 0 Å². The Kier molecular flexibility index (Phi) is 5.44. The number of hydrogen-bond donors (Lipinski definition) is 2. The van der Waals surface area contributed by atoms with Gasteiger partial charge in [-0.05, 0) is 36.8 Å². The Morgan fingerprint density at radius 1 is 1.24 bits per heavy atom. The Hall–Kier alpha value is -1.75. The molecule has 21 heavy (non-hydrogen) atoms. The highest BCUT2D eigenvalue weighted by Crippen LogP contribution is 2.32. The van der Waals surface area contributed by atoms with Gasteiger partial charge >= 0.3 is 0 Å². The lowest BCUT2D eigenvalue weighted by Crippen LogP contribution is -2.29. The quantitative estimate of drug-likeness (QED) is 0.635. The number of nitrogens with one attached hydrogen (secondary N) is 1. The molecule has 4 nitrogen and oxygen atoms in total. The zero-order valence-electron chi connectivity index (χ0n) is 12.1. The average molecular weight is 307 g/mol. The van der Waals surface area contributed by atoms with Crippen LogP contribution in [0.3, 0.4) is 0 Å². The normalized spacial score (nSPS) is 12.0. The van der Waals surface area contributed by atoms with Crippen LogP contribution in [0.25, 0.3) is 0 Å². The molecule has 0 radical (unpaired) electrons. The molecule has 5 heteroatoms. The van der Waals surface area contributed by atoms with E-state index in [1.807, 2.05) is 43.3 Å². The average Bonchev–Trinajstić information content (AvgIpc) is 2.50. The van der Waals surface area contributed by atoms with Crippen molar-refractivity contribution < 1.29 is 9.47 Å². The van der Waals surface area contributed by atoms with E-state index in [-0.39, 0.29) is 6.04 Å².